The molecule has 0 saturated carbocycles. The summed E-state index contributed by atoms with van der Waals surface area (Å²) < 4.78 is 9.95. The van der Waals surface area contributed by atoms with Gasteiger partial charge in [-0.05, 0) is 24.0 Å². The van der Waals surface area contributed by atoms with Gasteiger partial charge in [-0.2, -0.15) is 10.5 Å². The van der Waals surface area contributed by atoms with Crippen molar-refractivity contribution in [1.82, 2.24) is 0 Å². The minimum absolute atomic E-state index is 0.207. The van der Waals surface area contributed by atoms with E-state index < -0.39 is 0 Å². The fourth-order valence-electron chi connectivity index (χ4n) is 1.83. The van der Waals surface area contributed by atoms with Gasteiger partial charge in [0.2, 0.25) is 0 Å². The maximum atomic E-state index is 8.55. The lowest BCUT2D eigenvalue weighted by Crippen LogP contribution is -2.02. The zero-order valence-electron chi connectivity index (χ0n) is 10.6. The van der Waals surface area contributed by atoms with Crippen molar-refractivity contribution in [2.75, 3.05) is 0 Å². The van der Waals surface area contributed by atoms with E-state index in [4.69, 9.17) is 20.0 Å². The summed E-state index contributed by atoms with van der Waals surface area (Å²) in [4.78, 5) is 0. The summed E-state index contributed by atoms with van der Waals surface area (Å²) in [7, 11) is 0. The van der Waals surface area contributed by atoms with Gasteiger partial charge in [-0.15, -0.1) is 0 Å². The van der Waals surface area contributed by atoms with Crippen LogP contribution in [-0.2, 0) is 9.47 Å². The van der Waals surface area contributed by atoms with Crippen LogP contribution >= 0.6 is 0 Å². The van der Waals surface area contributed by atoms with Crippen LogP contribution in [0, 0.1) is 23.0 Å². The van der Waals surface area contributed by atoms with Crippen molar-refractivity contribution in [3.05, 3.63) is 35.4 Å². The molecule has 1 aromatic carbocycles. The minimum atomic E-state index is -0.207. The zero-order valence-corrected chi connectivity index (χ0v) is 10.6. The lowest BCUT2D eigenvalue weighted by molar-refractivity contribution is 0.156. The molecule has 0 amide bonds. The van der Waals surface area contributed by atoms with Gasteiger partial charge >= 0.3 is 0 Å². The largest absolute Gasteiger partial charge is 0.419 e. The second kappa shape index (κ2) is 7.19. The van der Waals surface area contributed by atoms with E-state index in [2.05, 4.69) is 0 Å². The van der Waals surface area contributed by atoms with Crippen LogP contribution in [0.1, 0.15) is 50.0 Å². The number of ether oxygens (including phenoxy) is 2. The SMILES string of the molecule is CCC(OC#N)c1ccc(C(CC)OC#N)cc1. The van der Waals surface area contributed by atoms with Crippen LogP contribution in [-0.4, -0.2) is 0 Å². The second-order valence-corrected chi connectivity index (χ2v) is 3.88. The molecule has 0 heterocycles. The molecule has 0 aliphatic carbocycles. The molecule has 2 atom stereocenters. The van der Waals surface area contributed by atoms with Gasteiger partial charge in [0.25, 0.3) is 12.5 Å². The van der Waals surface area contributed by atoms with Crippen LogP contribution < -0.4 is 0 Å². The van der Waals surface area contributed by atoms with Crippen molar-refractivity contribution >= 4 is 0 Å². The Morgan fingerprint density at radius 2 is 1.22 bits per heavy atom. The lowest BCUT2D eigenvalue weighted by Gasteiger charge is -2.15. The number of hydrogen-bond acceptors (Lipinski definition) is 4. The summed E-state index contributed by atoms with van der Waals surface area (Å²) in [5.74, 6) is 0. The summed E-state index contributed by atoms with van der Waals surface area (Å²) in [5.41, 5.74) is 1.91. The number of rotatable bonds is 6. The Bertz CT molecular complexity index is 399. The molecule has 0 aliphatic heterocycles. The third-order valence-corrected chi connectivity index (χ3v) is 2.81. The molecule has 1 aromatic rings. The highest BCUT2D eigenvalue weighted by Gasteiger charge is 2.13. The van der Waals surface area contributed by atoms with Gasteiger partial charge in [-0.1, -0.05) is 38.1 Å². The molecule has 0 radical (unpaired) electrons. The van der Waals surface area contributed by atoms with Crippen molar-refractivity contribution in [2.45, 2.75) is 38.9 Å². The van der Waals surface area contributed by atoms with Crippen molar-refractivity contribution in [3.63, 3.8) is 0 Å². The number of benzene rings is 1. The summed E-state index contributed by atoms with van der Waals surface area (Å²) >= 11 is 0. The number of nitrogens with zero attached hydrogens (tertiary/aromatic N) is 2. The molecule has 0 aromatic heterocycles. The van der Waals surface area contributed by atoms with E-state index >= 15 is 0 Å². The van der Waals surface area contributed by atoms with E-state index in [-0.39, 0.29) is 12.2 Å². The molecule has 0 saturated heterocycles. The van der Waals surface area contributed by atoms with Gasteiger partial charge in [0.1, 0.15) is 12.2 Å². The highest BCUT2D eigenvalue weighted by molar-refractivity contribution is 5.26. The monoisotopic (exact) mass is 244 g/mol. The van der Waals surface area contributed by atoms with Gasteiger partial charge in [-0.25, -0.2) is 0 Å². The molecular weight excluding hydrogens is 228 g/mol. The Labute approximate surface area is 107 Å². The first kappa shape index (κ1) is 13.9. The first-order chi connectivity index (χ1) is 8.76. The fraction of sp³-hybridized carbons (Fsp3) is 0.429. The predicted molar refractivity (Wildman–Crippen MR) is 65.9 cm³/mol. The van der Waals surface area contributed by atoms with E-state index in [1.807, 2.05) is 38.1 Å². The van der Waals surface area contributed by atoms with E-state index in [0.29, 0.717) is 0 Å². The molecular formula is C14H16N2O2. The van der Waals surface area contributed by atoms with Crippen LogP contribution in [0.2, 0.25) is 0 Å². The molecule has 2 unspecified atom stereocenters. The summed E-state index contributed by atoms with van der Waals surface area (Å²) in [6.45, 7) is 3.92. The average molecular weight is 244 g/mol. The van der Waals surface area contributed by atoms with Crippen molar-refractivity contribution in [1.29, 1.82) is 10.5 Å². The second-order valence-electron chi connectivity index (χ2n) is 3.88. The number of nitriles is 2. The molecule has 0 fully saturated rings. The van der Waals surface area contributed by atoms with Gasteiger partial charge in [-0.3, -0.25) is 0 Å². The fourth-order valence-corrected chi connectivity index (χ4v) is 1.83. The minimum Gasteiger partial charge on any atom is -0.419 e. The van der Waals surface area contributed by atoms with E-state index in [1.54, 1.807) is 12.5 Å². The molecule has 1 rings (SSSR count). The van der Waals surface area contributed by atoms with E-state index in [0.717, 1.165) is 24.0 Å². The molecule has 94 valence electrons. The predicted octanol–water partition coefficient (Wildman–Crippen LogP) is 3.58. The summed E-state index contributed by atoms with van der Waals surface area (Å²) in [6.07, 6.45) is 4.49. The van der Waals surface area contributed by atoms with E-state index in [1.165, 1.54) is 0 Å². The van der Waals surface area contributed by atoms with Crippen LogP contribution in [0.5, 0.6) is 0 Å². The lowest BCUT2D eigenvalue weighted by atomic mass is 10.0. The smallest absolute Gasteiger partial charge is 0.286 e. The number of hydrogen-bond donors (Lipinski definition) is 0. The Hall–Kier alpha value is -2.20. The van der Waals surface area contributed by atoms with Gasteiger partial charge < -0.3 is 9.47 Å². The highest BCUT2D eigenvalue weighted by atomic mass is 16.5. The topological polar surface area (TPSA) is 66.0 Å². The third-order valence-electron chi connectivity index (χ3n) is 2.81. The summed E-state index contributed by atoms with van der Waals surface area (Å²) in [6, 6.07) is 7.63. The zero-order chi connectivity index (χ0) is 13.4. The molecule has 4 heteroatoms. The average Bonchev–Trinajstić information content (AvgIpc) is 2.42. The van der Waals surface area contributed by atoms with Crippen LogP contribution in [0.15, 0.2) is 24.3 Å². The summed E-state index contributed by atoms with van der Waals surface area (Å²) in [5, 5.41) is 17.1. The van der Waals surface area contributed by atoms with Crippen molar-refractivity contribution < 1.29 is 9.47 Å². The molecule has 0 spiro atoms. The first-order valence-electron chi connectivity index (χ1n) is 5.96. The van der Waals surface area contributed by atoms with Crippen LogP contribution in [0.25, 0.3) is 0 Å². The van der Waals surface area contributed by atoms with E-state index in [9.17, 15) is 0 Å². The highest BCUT2D eigenvalue weighted by Crippen LogP contribution is 2.25. The van der Waals surface area contributed by atoms with Crippen LogP contribution in [0.3, 0.4) is 0 Å². The Kier molecular flexibility index (Phi) is 5.54. The molecule has 18 heavy (non-hydrogen) atoms. The quantitative estimate of drug-likeness (QED) is 0.717. The van der Waals surface area contributed by atoms with Gasteiger partial charge in [0.05, 0.1) is 0 Å². The van der Waals surface area contributed by atoms with Gasteiger partial charge in [0.15, 0.2) is 0 Å². The third kappa shape index (κ3) is 3.40. The normalized spacial score (nSPS) is 12.9. The van der Waals surface area contributed by atoms with Crippen LogP contribution in [0.4, 0.5) is 0 Å². The Morgan fingerprint density at radius 1 is 0.889 bits per heavy atom. The molecule has 0 N–H and O–H groups in total. The molecule has 0 aliphatic rings. The molecule has 4 nitrogen and oxygen atoms in total. The van der Waals surface area contributed by atoms with Gasteiger partial charge in [0, 0.05) is 0 Å². The maximum Gasteiger partial charge on any atom is 0.286 e. The Balaban J connectivity index is 2.85. The first-order valence-corrected chi connectivity index (χ1v) is 5.96. The standard InChI is InChI=1S/C14H16N2O2/c1-3-13(17-9-15)11-5-7-12(8-6-11)14(4-2)18-10-16/h5-8,13-14H,3-4H2,1-2H3. The maximum absolute atomic E-state index is 8.55. The van der Waals surface area contributed by atoms with Crippen molar-refractivity contribution in [3.8, 4) is 12.5 Å². The van der Waals surface area contributed by atoms with Crippen molar-refractivity contribution in [2.24, 2.45) is 0 Å². The molecule has 0 bridgehead atoms. The Morgan fingerprint density at radius 3 is 1.44 bits per heavy atom.